The van der Waals surface area contributed by atoms with E-state index in [-0.39, 0.29) is 24.0 Å². The van der Waals surface area contributed by atoms with Crippen molar-refractivity contribution in [2.75, 3.05) is 26.2 Å². The third kappa shape index (κ3) is 9.29. The van der Waals surface area contributed by atoms with Crippen LogP contribution in [-0.2, 0) is 0 Å². The van der Waals surface area contributed by atoms with Crippen LogP contribution in [0.2, 0.25) is 0 Å². The maximum absolute atomic E-state index is 2.34. The standard InChI is InChI=1S/C15H34N.HI/c1-5-9-10-11-12-13-14-15-16(6-2,7-3)8-4;/h5-15H2,1-4H3;1H/q+1;/p-1. The fourth-order valence-electron chi connectivity index (χ4n) is 2.55. The van der Waals surface area contributed by atoms with E-state index in [9.17, 15) is 0 Å². The van der Waals surface area contributed by atoms with Crippen molar-refractivity contribution in [2.45, 2.75) is 72.6 Å². The molecule has 0 aliphatic heterocycles. The quantitative estimate of drug-likeness (QED) is 0.300. The van der Waals surface area contributed by atoms with Crippen LogP contribution in [0.15, 0.2) is 0 Å². The van der Waals surface area contributed by atoms with Crippen LogP contribution in [0, 0.1) is 0 Å². The highest BCUT2D eigenvalue weighted by molar-refractivity contribution is 4.46. The molecular formula is C15H34IN. The lowest BCUT2D eigenvalue weighted by molar-refractivity contribution is -0.923. The van der Waals surface area contributed by atoms with Crippen LogP contribution in [0.4, 0.5) is 0 Å². The maximum Gasteiger partial charge on any atom is 0.0786 e. The van der Waals surface area contributed by atoms with E-state index in [2.05, 4.69) is 27.7 Å². The van der Waals surface area contributed by atoms with E-state index < -0.39 is 0 Å². The van der Waals surface area contributed by atoms with E-state index in [1.807, 2.05) is 0 Å². The summed E-state index contributed by atoms with van der Waals surface area (Å²) in [5, 5.41) is 0. The number of unbranched alkanes of at least 4 members (excludes halogenated alkanes) is 6. The van der Waals surface area contributed by atoms with E-state index in [1.54, 1.807) is 0 Å². The second kappa shape index (κ2) is 13.1. The summed E-state index contributed by atoms with van der Waals surface area (Å²) in [4.78, 5) is 0. The summed E-state index contributed by atoms with van der Waals surface area (Å²) in [6, 6.07) is 0. The van der Waals surface area contributed by atoms with Crippen LogP contribution >= 0.6 is 0 Å². The second-order valence-corrected chi connectivity index (χ2v) is 5.14. The second-order valence-electron chi connectivity index (χ2n) is 5.14. The molecule has 0 bridgehead atoms. The molecule has 0 saturated heterocycles. The van der Waals surface area contributed by atoms with Crippen LogP contribution in [0.1, 0.15) is 72.6 Å². The van der Waals surface area contributed by atoms with Gasteiger partial charge in [0.05, 0.1) is 26.2 Å². The van der Waals surface area contributed by atoms with E-state index in [1.165, 1.54) is 75.6 Å². The molecule has 0 spiro atoms. The van der Waals surface area contributed by atoms with Gasteiger partial charge in [-0.25, -0.2) is 0 Å². The van der Waals surface area contributed by atoms with Crippen LogP contribution in [-0.4, -0.2) is 30.7 Å². The lowest BCUT2D eigenvalue weighted by Crippen LogP contribution is -3.00. The molecule has 0 saturated carbocycles. The Hall–Kier alpha value is 0.690. The molecule has 17 heavy (non-hydrogen) atoms. The van der Waals surface area contributed by atoms with Crippen molar-refractivity contribution in [1.82, 2.24) is 0 Å². The monoisotopic (exact) mass is 355 g/mol. The molecule has 0 aliphatic carbocycles. The largest absolute Gasteiger partial charge is 1.00 e. The summed E-state index contributed by atoms with van der Waals surface area (Å²) in [5.41, 5.74) is 0. The predicted molar refractivity (Wildman–Crippen MR) is 74.7 cm³/mol. The molecule has 0 atom stereocenters. The highest BCUT2D eigenvalue weighted by atomic mass is 127. The molecule has 0 radical (unpaired) electrons. The Morgan fingerprint density at radius 2 is 1.00 bits per heavy atom. The molecular weight excluding hydrogens is 321 g/mol. The van der Waals surface area contributed by atoms with Crippen molar-refractivity contribution < 1.29 is 28.5 Å². The highest BCUT2D eigenvalue weighted by Gasteiger charge is 2.19. The van der Waals surface area contributed by atoms with Gasteiger partial charge in [0.1, 0.15) is 0 Å². The van der Waals surface area contributed by atoms with Gasteiger partial charge in [0.25, 0.3) is 0 Å². The Morgan fingerprint density at radius 3 is 1.41 bits per heavy atom. The first-order chi connectivity index (χ1) is 7.74. The number of quaternary nitrogens is 1. The van der Waals surface area contributed by atoms with E-state index in [0.29, 0.717) is 0 Å². The predicted octanol–water partition coefficient (Wildman–Crippen LogP) is 1.62. The molecule has 106 valence electrons. The Kier molecular flexibility index (Phi) is 15.5. The summed E-state index contributed by atoms with van der Waals surface area (Å²) in [6.45, 7) is 14.6. The van der Waals surface area contributed by atoms with Crippen LogP contribution in [0.5, 0.6) is 0 Å². The molecule has 0 aromatic rings. The normalized spacial score (nSPS) is 11.3. The molecule has 0 heterocycles. The minimum Gasteiger partial charge on any atom is -1.00 e. The van der Waals surface area contributed by atoms with Gasteiger partial charge in [-0.2, -0.15) is 0 Å². The molecule has 0 N–H and O–H groups in total. The number of halogens is 1. The molecule has 0 unspecified atom stereocenters. The van der Waals surface area contributed by atoms with Gasteiger partial charge in [-0.15, -0.1) is 0 Å². The highest BCUT2D eigenvalue weighted by Crippen LogP contribution is 2.12. The van der Waals surface area contributed by atoms with Crippen molar-refractivity contribution >= 4 is 0 Å². The Morgan fingerprint density at radius 1 is 0.588 bits per heavy atom. The van der Waals surface area contributed by atoms with Gasteiger partial charge in [0.2, 0.25) is 0 Å². The number of rotatable bonds is 11. The van der Waals surface area contributed by atoms with Gasteiger partial charge < -0.3 is 28.5 Å². The van der Waals surface area contributed by atoms with Crippen LogP contribution in [0.25, 0.3) is 0 Å². The number of hydrogen-bond donors (Lipinski definition) is 0. The summed E-state index contributed by atoms with van der Waals surface area (Å²) >= 11 is 0. The van der Waals surface area contributed by atoms with Gasteiger partial charge in [-0.3, -0.25) is 0 Å². The van der Waals surface area contributed by atoms with Gasteiger partial charge in [0.15, 0.2) is 0 Å². The summed E-state index contributed by atoms with van der Waals surface area (Å²) in [6.07, 6.45) is 10.0. The fraction of sp³-hybridized carbons (Fsp3) is 1.00. The zero-order valence-corrected chi connectivity index (χ0v) is 14.8. The summed E-state index contributed by atoms with van der Waals surface area (Å²) in [5.74, 6) is 0. The van der Waals surface area contributed by atoms with E-state index in [4.69, 9.17) is 0 Å². The van der Waals surface area contributed by atoms with Crippen molar-refractivity contribution in [2.24, 2.45) is 0 Å². The molecule has 0 fully saturated rings. The Balaban J connectivity index is 0. The van der Waals surface area contributed by atoms with E-state index >= 15 is 0 Å². The van der Waals surface area contributed by atoms with Crippen LogP contribution < -0.4 is 24.0 Å². The lowest BCUT2D eigenvalue weighted by Gasteiger charge is -2.35. The Bertz CT molecular complexity index is 136. The third-order valence-corrected chi connectivity index (χ3v) is 4.25. The topological polar surface area (TPSA) is 0 Å². The molecule has 2 heteroatoms. The molecule has 1 nitrogen and oxygen atoms in total. The first-order valence-corrected chi connectivity index (χ1v) is 7.59. The first kappa shape index (κ1) is 20.0. The zero-order chi connectivity index (χ0) is 12.3. The van der Waals surface area contributed by atoms with Crippen LogP contribution in [0.3, 0.4) is 0 Å². The van der Waals surface area contributed by atoms with Crippen molar-refractivity contribution in [3.63, 3.8) is 0 Å². The van der Waals surface area contributed by atoms with Gasteiger partial charge in [0, 0.05) is 0 Å². The first-order valence-electron chi connectivity index (χ1n) is 7.59. The maximum atomic E-state index is 2.34. The van der Waals surface area contributed by atoms with Gasteiger partial charge >= 0.3 is 0 Å². The minimum atomic E-state index is 0. The summed E-state index contributed by atoms with van der Waals surface area (Å²) < 4.78 is 1.33. The fourth-order valence-corrected chi connectivity index (χ4v) is 2.55. The van der Waals surface area contributed by atoms with Gasteiger partial charge in [-0.05, 0) is 33.6 Å². The molecule has 0 aromatic heterocycles. The minimum absolute atomic E-state index is 0. The smallest absolute Gasteiger partial charge is 0.0786 e. The lowest BCUT2D eigenvalue weighted by atomic mass is 10.1. The molecule has 0 amide bonds. The molecule has 0 rings (SSSR count). The summed E-state index contributed by atoms with van der Waals surface area (Å²) in [7, 11) is 0. The number of nitrogens with zero attached hydrogens (tertiary/aromatic N) is 1. The van der Waals surface area contributed by atoms with Crippen molar-refractivity contribution in [1.29, 1.82) is 0 Å². The average Bonchev–Trinajstić information content (AvgIpc) is 2.34. The third-order valence-electron chi connectivity index (χ3n) is 4.25. The number of hydrogen-bond acceptors (Lipinski definition) is 0. The molecule has 0 aromatic carbocycles. The average molecular weight is 355 g/mol. The van der Waals surface area contributed by atoms with Crippen molar-refractivity contribution in [3.05, 3.63) is 0 Å². The Labute approximate surface area is 127 Å². The van der Waals surface area contributed by atoms with Crippen molar-refractivity contribution in [3.8, 4) is 0 Å². The zero-order valence-electron chi connectivity index (χ0n) is 12.6. The van der Waals surface area contributed by atoms with E-state index in [0.717, 1.165) is 0 Å². The SMILES string of the molecule is CCCCCCCCC[N+](CC)(CC)CC.[I-]. The molecule has 0 aliphatic rings. The van der Waals surface area contributed by atoms with Gasteiger partial charge in [-0.1, -0.05) is 39.0 Å².